The van der Waals surface area contributed by atoms with E-state index >= 15 is 0 Å². The highest BCUT2D eigenvalue weighted by molar-refractivity contribution is 7.19. The van der Waals surface area contributed by atoms with Crippen LogP contribution in [0.4, 0.5) is 0 Å². The number of nitrogens with zero attached hydrogens (tertiary/aromatic N) is 2. The molecule has 2 rings (SSSR count). The topological polar surface area (TPSA) is 25.8 Å². The molecule has 2 aromatic heterocycles. The highest BCUT2D eigenvalue weighted by Crippen LogP contribution is 2.31. The molecular formula is C9H6Cl2N2S. The Morgan fingerprint density at radius 3 is 2.71 bits per heavy atom. The Bertz CT molecular complexity index is 468. The van der Waals surface area contributed by atoms with Gasteiger partial charge in [0.25, 0.3) is 0 Å². The van der Waals surface area contributed by atoms with Gasteiger partial charge in [-0.05, 0) is 36.2 Å². The molecule has 2 nitrogen and oxygen atoms in total. The summed E-state index contributed by atoms with van der Waals surface area (Å²) in [4.78, 5) is 9.07. The van der Waals surface area contributed by atoms with Crippen molar-refractivity contribution in [3.05, 3.63) is 33.5 Å². The molecule has 0 atom stereocenters. The van der Waals surface area contributed by atoms with E-state index in [0.29, 0.717) is 0 Å². The molecule has 0 unspecified atom stereocenters. The quantitative estimate of drug-likeness (QED) is 0.713. The molecule has 0 aromatic carbocycles. The molecule has 0 spiro atoms. The monoisotopic (exact) mass is 244 g/mol. The van der Waals surface area contributed by atoms with Crippen LogP contribution in [0.5, 0.6) is 0 Å². The second-order valence-electron chi connectivity index (χ2n) is 2.77. The minimum absolute atomic E-state index is 0.259. The standard InChI is InChI=1S/C9H6Cl2N2S/c1-5-4-12-9(11)13-8(5)6-2-3-7(10)14-6/h2-4H,1H3. The van der Waals surface area contributed by atoms with Crippen LogP contribution in [-0.4, -0.2) is 9.97 Å². The first kappa shape index (κ1) is 9.90. The lowest BCUT2D eigenvalue weighted by atomic mass is 10.2. The van der Waals surface area contributed by atoms with Gasteiger partial charge in [-0.25, -0.2) is 9.97 Å². The molecule has 0 amide bonds. The van der Waals surface area contributed by atoms with Crippen molar-refractivity contribution in [2.24, 2.45) is 0 Å². The third-order valence-corrected chi connectivity index (χ3v) is 3.17. The summed E-state index contributed by atoms with van der Waals surface area (Å²) in [5.41, 5.74) is 1.84. The minimum Gasteiger partial charge on any atom is -0.226 e. The zero-order valence-corrected chi connectivity index (χ0v) is 9.62. The molecule has 0 saturated heterocycles. The lowest BCUT2D eigenvalue weighted by molar-refractivity contribution is 1.14. The average Bonchev–Trinajstić information content (AvgIpc) is 2.56. The van der Waals surface area contributed by atoms with E-state index in [-0.39, 0.29) is 5.28 Å². The number of hydrogen-bond donors (Lipinski definition) is 0. The predicted octanol–water partition coefficient (Wildman–Crippen LogP) is 3.82. The largest absolute Gasteiger partial charge is 0.226 e. The lowest BCUT2D eigenvalue weighted by Gasteiger charge is -2.00. The number of hydrogen-bond acceptors (Lipinski definition) is 3. The van der Waals surface area contributed by atoms with E-state index < -0.39 is 0 Å². The van der Waals surface area contributed by atoms with Crippen molar-refractivity contribution in [1.29, 1.82) is 0 Å². The first-order valence-electron chi connectivity index (χ1n) is 3.91. The molecule has 2 heterocycles. The lowest BCUT2D eigenvalue weighted by Crippen LogP contribution is -1.89. The molecule has 0 bridgehead atoms. The van der Waals surface area contributed by atoms with Crippen LogP contribution in [0.2, 0.25) is 9.62 Å². The van der Waals surface area contributed by atoms with Crippen molar-refractivity contribution >= 4 is 34.5 Å². The fourth-order valence-corrected chi connectivity index (χ4v) is 2.34. The van der Waals surface area contributed by atoms with Gasteiger partial charge >= 0.3 is 0 Å². The molecule has 5 heteroatoms. The molecule has 0 saturated carbocycles. The van der Waals surface area contributed by atoms with Crippen molar-refractivity contribution in [2.45, 2.75) is 6.92 Å². The summed E-state index contributed by atoms with van der Waals surface area (Å²) in [7, 11) is 0. The van der Waals surface area contributed by atoms with Gasteiger partial charge in [0, 0.05) is 6.20 Å². The highest BCUT2D eigenvalue weighted by Gasteiger charge is 2.07. The second-order valence-corrected chi connectivity index (χ2v) is 4.83. The van der Waals surface area contributed by atoms with E-state index in [1.165, 1.54) is 11.3 Å². The summed E-state index contributed by atoms with van der Waals surface area (Å²) in [5.74, 6) is 0. The summed E-state index contributed by atoms with van der Waals surface area (Å²) in [6, 6.07) is 3.77. The third-order valence-electron chi connectivity index (χ3n) is 1.75. The Morgan fingerprint density at radius 2 is 2.07 bits per heavy atom. The molecule has 0 aliphatic carbocycles. The van der Waals surface area contributed by atoms with Crippen LogP contribution in [0.25, 0.3) is 10.6 Å². The smallest absolute Gasteiger partial charge is 0.222 e. The molecule has 0 fully saturated rings. The summed E-state index contributed by atoms with van der Waals surface area (Å²) < 4.78 is 0.745. The van der Waals surface area contributed by atoms with Gasteiger partial charge in [0.05, 0.1) is 14.9 Å². The summed E-state index contributed by atoms with van der Waals surface area (Å²) in [6.45, 7) is 1.94. The predicted molar refractivity (Wildman–Crippen MR) is 60.1 cm³/mol. The van der Waals surface area contributed by atoms with Gasteiger partial charge in [0.15, 0.2) is 0 Å². The van der Waals surface area contributed by atoms with E-state index in [1.807, 2.05) is 19.1 Å². The average molecular weight is 245 g/mol. The maximum absolute atomic E-state index is 5.84. The Morgan fingerprint density at radius 1 is 1.29 bits per heavy atom. The number of halogens is 2. The zero-order valence-electron chi connectivity index (χ0n) is 7.29. The first-order chi connectivity index (χ1) is 6.66. The van der Waals surface area contributed by atoms with Crippen molar-refractivity contribution in [1.82, 2.24) is 9.97 Å². The van der Waals surface area contributed by atoms with Crippen LogP contribution in [0.1, 0.15) is 5.56 Å². The van der Waals surface area contributed by atoms with Crippen molar-refractivity contribution < 1.29 is 0 Å². The van der Waals surface area contributed by atoms with Gasteiger partial charge in [-0.3, -0.25) is 0 Å². The van der Waals surface area contributed by atoms with Crippen LogP contribution in [0, 0.1) is 6.92 Å². The van der Waals surface area contributed by atoms with Crippen LogP contribution >= 0.6 is 34.5 Å². The maximum Gasteiger partial charge on any atom is 0.222 e. The number of aromatic nitrogens is 2. The van der Waals surface area contributed by atoms with Gasteiger partial charge in [-0.2, -0.15) is 0 Å². The Labute approximate surface area is 95.5 Å². The fourth-order valence-electron chi connectivity index (χ4n) is 1.11. The minimum atomic E-state index is 0.259. The van der Waals surface area contributed by atoms with Crippen LogP contribution in [0.15, 0.2) is 18.3 Å². The van der Waals surface area contributed by atoms with E-state index in [2.05, 4.69) is 9.97 Å². The number of rotatable bonds is 1. The van der Waals surface area contributed by atoms with E-state index in [0.717, 1.165) is 20.5 Å². The van der Waals surface area contributed by atoms with Gasteiger partial charge in [0.1, 0.15) is 0 Å². The number of thiophene rings is 1. The van der Waals surface area contributed by atoms with Crippen molar-refractivity contribution in [3.8, 4) is 10.6 Å². The Kier molecular flexibility index (Phi) is 2.72. The van der Waals surface area contributed by atoms with Crippen molar-refractivity contribution in [2.75, 3.05) is 0 Å². The Hall–Kier alpha value is -0.640. The SMILES string of the molecule is Cc1cnc(Cl)nc1-c1ccc(Cl)s1. The maximum atomic E-state index is 5.84. The summed E-state index contributed by atoms with van der Waals surface area (Å²) in [5, 5.41) is 0.259. The van der Waals surface area contributed by atoms with Crippen molar-refractivity contribution in [3.63, 3.8) is 0 Å². The molecule has 14 heavy (non-hydrogen) atoms. The second kappa shape index (κ2) is 3.85. The van der Waals surface area contributed by atoms with Crippen LogP contribution in [0.3, 0.4) is 0 Å². The van der Waals surface area contributed by atoms with Gasteiger partial charge in [0.2, 0.25) is 5.28 Å². The van der Waals surface area contributed by atoms with Gasteiger partial charge < -0.3 is 0 Å². The summed E-state index contributed by atoms with van der Waals surface area (Å²) in [6.07, 6.45) is 1.71. The highest BCUT2D eigenvalue weighted by atomic mass is 35.5. The molecule has 0 N–H and O–H groups in total. The van der Waals surface area contributed by atoms with Crippen LogP contribution in [-0.2, 0) is 0 Å². The molecule has 72 valence electrons. The first-order valence-corrected chi connectivity index (χ1v) is 5.49. The van der Waals surface area contributed by atoms with Gasteiger partial charge in [-0.15, -0.1) is 11.3 Å². The van der Waals surface area contributed by atoms with Crippen LogP contribution < -0.4 is 0 Å². The van der Waals surface area contributed by atoms with E-state index in [1.54, 1.807) is 6.20 Å². The molecule has 0 aliphatic heterocycles. The van der Waals surface area contributed by atoms with Gasteiger partial charge in [-0.1, -0.05) is 11.6 Å². The molecule has 0 radical (unpaired) electrons. The molecule has 2 aromatic rings. The molecular weight excluding hydrogens is 239 g/mol. The van der Waals surface area contributed by atoms with E-state index in [9.17, 15) is 0 Å². The Balaban J connectivity index is 2.55. The normalized spacial score (nSPS) is 10.5. The molecule has 0 aliphatic rings. The third kappa shape index (κ3) is 1.90. The zero-order chi connectivity index (χ0) is 10.1. The fraction of sp³-hybridized carbons (Fsp3) is 0.111. The van der Waals surface area contributed by atoms with E-state index in [4.69, 9.17) is 23.2 Å². The number of aryl methyl sites for hydroxylation is 1. The summed E-state index contributed by atoms with van der Waals surface area (Å²) >= 11 is 13.0.